The van der Waals surface area contributed by atoms with Crippen molar-refractivity contribution in [3.8, 4) is 5.75 Å². The van der Waals surface area contributed by atoms with Crippen LogP contribution in [0.15, 0.2) is 42.5 Å². The molecule has 132 heavy (non-hydrogen) atoms. The lowest BCUT2D eigenvalue weighted by atomic mass is 10.0. The van der Waals surface area contributed by atoms with E-state index in [-0.39, 0.29) is 98.2 Å². The van der Waals surface area contributed by atoms with Crippen LogP contribution < -0.4 is 124 Å². The molecule has 0 saturated carbocycles. The molecule has 0 radical (unpaired) electrons. The Balaban J connectivity index is 2.08. The molecule has 2 aliphatic rings. The summed E-state index contributed by atoms with van der Waals surface area (Å²) in [4.78, 5) is 267. The van der Waals surface area contributed by atoms with Gasteiger partial charge in [-0.1, -0.05) is 44.2 Å². The van der Waals surface area contributed by atoms with Crippen LogP contribution >= 0.6 is 35.3 Å². The van der Waals surface area contributed by atoms with Gasteiger partial charge in [0.25, 0.3) is 0 Å². The minimum absolute atomic E-state index is 0.00529. The van der Waals surface area contributed by atoms with Crippen LogP contribution in [0.1, 0.15) is 115 Å². The molecule has 2 aromatic carbocycles. The Morgan fingerprint density at radius 2 is 0.871 bits per heavy atom. The van der Waals surface area contributed by atoms with Gasteiger partial charge in [0.15, 0.2) is 17.9 Å². The standard InChI is InChI=1S/C78H120N26O25S3/c1-36(2)60-75(129)98-50(25-58(111)112)70(124)103-55-35-132-32-43-22-41(21-42(23-43)31-131-34-54(101-61(115)37(3)79)74(128)100-52(29-106)72(126)95-47(11-8-20-88-78(84)85)67(121)97-49(24-40-12-14-44(107)15-13-40)69(123)96-48(68(122)104-60)16-17-57(109)110)30-130-33-53(65(119)90-27-59(113)114)102-63(117)39(5)92-71(125)51(28-105)99-62(116)38(4)91-66(120)46(10-7-19-87-77(82)83)93-56(108)26-89-64(118)45(94-73(55)127)9-6-18-86-76(80)81/h12-15,21-23,36-39,45-55,60,105-107H,6-11,16-20,24-35,79H2,1-5H3,(H,89,118)(H,90,119)(H,91,120)(H,92,125)(H,93,108)(H,94,127)(H,95,126)(H,96,123)(H,97,121)(H,98,129)(H,99,116)(H,100,128)(H,101,115)(H,102,117)(H,103,124)(H,104,122)(H,109,110)(H,111,112)(H,113,114)(H4,80,81,86)(H4,82,83,87)(H4,84,85,88)/t37-,38+,39-,45-,46-,47-,48-,49-,50-,51-,52-,53-,54-,55-,60-/m0/s1. The average molecular weight is 1920 g/mol. The van der Waals surface area contributed by atoms with E-state index in [9.17, 15) is 112 Å². The number of hydrogen-bond donors (Lipinski definition) is 32. The highest BCUT2D eigenvalue weighted by molar-refractivity contribution is 7.99. The minimum atomic E-state index is -2.18. The van der Waals surface area contributed by atoms with Crippen LogP contribution in [0, 0.1) is 22.1 Å². The fraction of sp³-hybridized carbons (Fsp3) is 0.564. The number of carbonyl (C=O) groups is 19. The van der Waals surface area contributed by atoms with Crippen molar-refractivity contribution in [3.63, 3.8) is 0 Å². The summed E-state index contributed by atoms with van der Waals surface area (Å²) in [6, 6.07) is -15.9. The maximum Gasteiger partial charge on any atom is 0.322 e. The molecule has 0 aliphatic carbocycles. The summed E-state index contributed by atoms with van der Waals surface area (Å²) in [5.41, 5.74) is 24.0. The normalized spacial score (nSPS) is 24.0. The summed E-state index contributed by atoms with van der Waals surface area (Å²) in [6.45, 7) is 1.95. The molecule has 16 amide bonds. The first-order valence-corrected chi connectivity index (χ1v) is 45.0. The Morgan fingerprint density at radius 1 is 0.455 bits per heavy atom. The SMILES string of the molecule is CC(C)[C@@H]1NC(=O)[C@H](CCC(=O)O)NC(=O)[C@H](Cc2ccc(O)cc2)NC(=O)[C@H](CCCNC(=N)N)NC(=O)[C@H](CO)NC(=O)[C@@H](NC(=O)[C@H](C)N)CSCc2cc3cc(c2)CSC[C@H](NC(=O)[C@H](CC(=O)O)NC1=O)C(=O)N[C@@H](CCCNC(=N)N)C(=O)NCC(=O)N[C@@H](CCCNC(=N)N)C(=O)N[C@H](C)C(=O)N[C@@H](CO)C(=O)N[C@@H](C)C(=O)N[C@H](C(=O)NCC(=O)O)CSC3. The second-order valence-corrected chi connectivity index (χ2v) is 34.0. The van der Waals surface area contributed by atoms with E-state index in [1.54, 1.807) is 18.2 Å². The fourth-order valence-electron chi connectivity index (χ4n) is 12.5. The van der Waals surface area contributed by atoms with Crippen molar-refractivity contribution in [1.82, 2.24) is 101 Å². The van der Waals surface area contributed by atoms with Gasteiger partial charge in [0.1, 0.15) is 96.9 Å². The van der Waals surface area contributed by atoms with Gasteiger partial charge in [-0.25, -0.2) is 0 Å². The predicted molar refractivity (Wildman–Crippen MR) is 478 cm³/mol. The molecule has 36 N–H and O–H groups in total. The van der Waals surface area contributed by atoms with Crippen molar-refractivity contribution in [1.29, 1.82) is 16.2 Å². The quantitative estimate of drug-likeness (QED) is 0.0224. The Hall–Kier alpha value is -13.1. The number of benzene rings is 2. The summed E-state index contributed by atoms with van der Waals surface area (Å²) in [5.74, 6) is -27.3. The number of nitrogens with two attached hydrogens (primary N) is 4. The Kier molecular flexibility index (Phi) is 48.2. The molecule has 0 aromatic heterocycles. The van der Waals surface area contributed by atoms with Crippen molar-refractivity contribution >= 4 is 166 Å². The van der Waals surface area contributed by atoms with Gasteiger partial charge in [-0.3, -0.25) is 107 Å². The molecular formula is C78H120N26O25S3. The van der Waals surface area contributed by atoms with E-state index in [2.05, 4.69) is 101 Å². The zero-order valence-electron chi connectivity index (χ0n) is 73.0. The fourth-order valence-corrected chi connectivity index (χ4v) is 15.4. The average Bonchev–Trinajstić information content (AvgIpc) is 0.912. The van der Waals surface area contributed by atoms with Crippen molar-refractivity contribution in [2.24, 2.45) is 28.9 Å². The monoisotopic (exact) mass is 1920 g/mol. The molecule has 0 spiro atoms. The van der Waals surface area contributed by atoms with E-state index < -0.39 is 285 Å². The predicted octanol–water partition coefficient (Wildman–Crippen LogP) is -10.4. The zero-order chi connectivity index (χ0) is 98.6. The maximum absolute atomic E-state index is 15.2. The van der Waals surface area contributed by atoms with Gasteiger partial charge in [-0.05, 0) is 106 Å². The molecule has 2 aromatic rings. The topological polar surface area (TPSA) is 850 Å². The number of guanidine groups is 3. The van der Waals surface area contributed by atoms with Crippen molar-refractivity contribution in [2.75, 3.05) is 63.2 Å². The van der Waals surface area contributed by atoms with Crippen LogP contribution in [0.4, 0.5) is 0 Å². The second-order valence-electron chi connectivity index (χ2n) is 31.0. The Morgan fingerprint density at radius 3 is 1.36 bits per heavy atom. The summed E-state index contributed by atoms with van der Waals surface area (Å²) in [5, 5.41) is 130. The third kappa shape index (κ3) is 41.3. The lowest BCUT2D eigenvalue weighted by Crippen LogP contribution is -2.62. The van der Waals surface area contributed by atoms with Gasteiger partial charge in [-0.2, -0.15) is 35.3 Å². The van der Waals surface area contributed by atoms with Gasteiger partial charge in [0.05, 0.1) is 32.2 Å². The third-order valence-corrected chi connectivity index (χ3v) is 22.8. The first kappa shape index (κ1) is 111. The molecule has 2 heterocycles. The van der Waals surface area contributed by atoms with Crippen LogP contribution in [0.5, 0.6) is 5.75 Å². The highest BCUT2D eigenvalue weighted by atomic mass is 32.2. The van der Waals surface area contributed by atoms with Crippen LogP contribution in [0.2, 0.25) is 0 Å². The van der Waals surface area contributed by atoms with Crippen LogP contribution in [-0.4, -0.2) is 315 Å². The summed E-state index contributed by atoms with van der Waals surface area (Å²) in [6.07, 6.45) is -4.41. The number of phenolic OH excluding ortho intramolecular Hbond substituents is 1. The number of aliphatic carboxylic acids is 3. The zero-order valence-corrected chi connectivity index (χ0v) is 75.5. The van der Waals surface area contributed by atoms with Crippen LogP contribution in [0.25, 0.3) is 0 Å². The van der Waals surface area contributed by atoms with Gasteiger partial charge in [0.2, 0.25) is 94.5 Å². The first-order valence-electron chi connectivity index (χ1n) is 41.6. The van der Waals surface area contributed by atoms with E-state index in [0.717, 1.165) is 49.1 Å². The summed E-state index contributed by atoms with van der Waals surface area (Å²) in [7, 11) is 0. The van der Waals surface area contributed by atoms with E-state index in [1.807, 2.05) is 0 Å². The number of carboxylic acids is 3. The number of aliphatic hydroxyl groups excluding tert-OH is 2. The molecule has 2 aliphatic heterocycles. The number of aromatic hydroxyl groups is 1. The largest absolute Gasteiger partial charge is 0.508 e. The van der Waals surface area contributed by atoms with E-state index >= 15 is 9.59 Å². The lowest BCUT2D eigenvalue weighted by Gasteiger charge is -2.29. The first-order chi connectivity index (χ1) is 62.3. The van der Waals surface area contributed by atoms with E-state index in [1.165, 1.54) is 45.0 Å². The number of fused-ring (bicyclic) bond motifs is 5. The van der Waals surface area contributed by atoms with Gasteiger partial charge in [0, 0.05) is 67.0 Å². The number of nitrogens with one attached hydrogen (secondary N) is 22. The molecule has 0 unspecified atom stereocenters. The van der Waals surface area contributed by atoms with Crippen molar-refractivity contribution in [2.45, 2.75) is 207 Å². The van der Waals surface area contributed by atoms with Crippen LogP contribution in [0.3, 0.4) is 0 Å². The number of carbonyl (C=O) groups excluding carboxylic acids is 16. The van der Waals surface area contributed by atoms with Gasteiger partial charge < -0.3 is 155 Å². The number of hydrogen-bond acceptors (Lipinski definition) is 29. The Bertz CT molecular complexity index is 4440. The second kappa shape index (κ2) is 57.2. The smallest absolute Gasteiger partial charge is 0.322 e. The molecule has 4 bridgehead atoms. The molecular weight excluding hydrogens is 1800 g/mol. The van der Waals surface area contributed by atoms with Gasteiger partial charge >= 0.3 is 17.9 Å². The number of thioether (sulfide) groups is 3. The number of carboxylic acid groups (broad SMARTS) is 3. The molecule has 15 atom stereocenters. The molecule has 54 heteroatoms. The van der Waals surface area contributed by atoms with E-state index in [0.29, 0.717) is 16.7 Å². The minimum Gasteiger partial charge on any atom is -0.508 e. The highest BCUT2D eigenvalue weighted by Crippen LogP contribution is 2.25. The van der Waals surface area contributed by atoms with Gasteiger partial charge in [-0.15, -0.1) is 0 Å². The number of amides is 16. The molecule has 51 nitrogen and oxygen atoms in total. The van der Waals surface area contributed by atoms with E-state index in [4.69, 9.17) is 39.2 Å². The molecule has 4 rings (SSSR count). The third-order valence-electron chi connectivity index (χ3n) is 19.5. The number of phenols is 1. The highest BCUT2D eigenvalue weighted by Gasteiger charge is 2.39. The number of aliphatic hydroxyl groups is 2. The van der Waals surface area contributed by atoms with Crippen LogP contribution in [-0.2, 0) is 115 Å². The number of rotatable bonds is 27. The molecule has 730 valence electrons. The van der Waals surface area contributed by atoms with Crippen molar-refractivity contribution < 1.29 is 122 Å². The maximum atomic E-state index is 15.2. The Labute approximate surface area is 770 Å². The molecule has 0 saturated heterocycles. The summed E-state index contributed by atoms with van der Waals surface area (Å²) < 4.78 is 0. The summed E-state index contributed by atoms with van der Waals surface area (Å²) >= 11 is 2.88. The lowest BCUT2D eigenvalue weighted by molar-refractivity contribution is -0.142. The van der Waals surface area contributed by atoms with Crippen molar-refractivity contribution in [3.05, 3.63) is 64.7 Å². The molecule has 0 fully saturated rings.